The van der Waals surface area contributed by atoms with Crippen molar-refractivity contribution in [3.63, 3.8) is 0 Å². The Bertz CT molecular complexity index is 287. The summed E-state index contributed by atoms with van der Waals surface area (Å²) in [5, 5.41) is 0. The van der Waals surface area contributed by atoms with Crippen LogP contribution in [0.2, 0.25) is 0 Å². The molecule has 3 heteroatoms. The molecule has 84 valence electrons. The van der Waals surface area contributed by atoms with Gasteiger partial charge in [-0.05, 0) is 25.0 Å². The summed E-state index contributed by atoms with van der Waals surface area (Å²) < 4.78 is 1.09. The second kappa shape index (κ2) is 9.46. The number of primary amides is 1. The second-order valence-corrected chi connectivity index (χ2v) is 3.59. The molecule has 0 saturated heterocycles. The summed E-state index contributed by atoms with van der Waals surface area (Å²) in [6, 6.07) is 0. The molecule has 2 nitrogen and oxygen atoms in total. The largest absolute Gasteiger partial charge is 0.370 e. The maximum Gasteiger partial charge on any atom is 0.214 e. The van der Waals surface area contributed by atoms with Crippen molar-refractivity contribution in [2.75, 3.05) is 0 Å². The number of amides is 1. The van der Waals surface area contributed by atoms with Gasteiger partial charge in [0.25, 0.3) is 0 Å². The van der Waals surface area contributed by atoms with Gasteiger partial charge in [0.15, 0.2) is 0 Å². The number of hydrogen-bond donors (Lipinski definition) is 1. The van der Waals surface area contributed by atoms with Crippen molar-refractivity contribution >= 4 is 21.8 Å². The number of nitrogens with two attached hydrogens (primary N) is 1. The molecule has 0 atom stereocenters. The SMILES string of the molecule is C=CC(C=C)=C(C)/C(Br)=C\C.CC(N)=O. The van der Waals surface area contributed by atoms with E-state index in [0.717, 1.165) is 15.6 Å². The lowest BCUT2D eigenvalue weighted by Gasteiger charge is -2.01. The average molecular weight is 272 g/mol. The van der Waals surface area contributed by atoms with Gasteiger partial charge in [-0.25, -0.2) is 0 Å². The molecule has 0 aromatic rings. The van der Waals surface area contributed by atoms with Crippen molar-refractivity contribution in [2.45, 2.75) is 20.8 Å². The summed E-state index contributed by atoms with van der Waals surface area (Å²) in [5.41, 5.74) is 6.70. The Morgan fingerprint density at radius 3 is 1.80 bits per heavy atom. The van der Waals surface area contributed by atoms with E-state index in [2.05, 4.69) is 34.8 Å². The van der Waals surface area contributed by atoms with Gasteiger partial charge in [-0.15, -0.1) is 0 Å². The number of carbonyl (C=O) groups excluding carboxylic acids is 1. The molecule has 0 aromatic heterocycles. The highest BCUT2D eigenvalue weighted by molar-refractivity contribution is 9.12. The fraction of sp³-hybridized carbons (Fsp3) is 0.250. The van der Waals surface area contributed by atoms with Gasteiger partial charge in [-0.3, -0.25) is 4.79 Å². The molecule has 2 N–H and O–H groups in total. The standard InChI is InChI=1S/C10H13Br.C2H5NO/c1-5-9(6-2)8(4)10(11)7-3;1-2(3)4/h5-7H,1-2H2,3-4H3;1H3,(H2,3,4)/b10-7+;. The molecule has 0 aliphatic carbocycles. The third kappa shape index (κ3) is 9.22. The normalized spacial score (nSPS) is 9.47. The third-order valence-electron chi connectivity index (χ3n) is 1.48. The van der Waals surface area contributed by atoms with E-state index in [1.54, 1.807) is 12.2 Å². The van der Waals surface area contributed by atoms with Crippen LogP contribution in [0, 0.1) is 0 Å². The van der Waals surface area contributed by atoms with E-state index in [1.165, 1.54) is 6.92 Å². The highest BCUT2D eigenvalue weighted by atomic mass is 79.9. The van der Waals surface area contributed by atoms with Crippen LogP contribution in [0.3, 0.4) is 0 Å². The molecule has 0 aliphatic heterocycles. The summed E-state index contributed by atoms with van der Waals surface area (Å²) in [4.78, 5) is 9.22. The summed E-state index contributed by atoms with van der Waals surface area (Å²) in [7, 11) is 0. The summed E-state index contributed by atoms with van der Waals surface area (Å²) >= 11 is 3.43. The van der Waals surface area contributed by atoms with Gasteiger partial charge in [0, 0.05) is 11.4 Å². The first-order chi connectivity index (χ1) is 6.90. The van der Waals surface area contributed by atoms with E-state index in [1.807, 2.05) is 19.9 Å². The molecule has 0 heterocycles. The molecule has 0 aliphatic rings. The van der Waals surface area contributed by atoms with E-state index in [-0.39, 0.29) is 5.91 Å². The van der Waals surface area contributed by atoms with Gasteiger partial charge in [0.05, 0.1) is 0 Å². The van der Waals surface area contributed by atoms with Gasteiger partial charge in [0.2, 0.25) is 5.91 Å². The molecule has 15 heavy (non-hydrogen) atoms. The fourth-order valence-electron chi connectivity index (χ4n) is 0.744. The monoisotopic (exact) mass is 271 g/mol. The van der Waals surface area contributed by atoms with Crippen LogP contribution in [-0.4, -0.2) is 5.91 Å². The number of halogens is 1. The lowest BCUT2D eigenvalue weighted by atomic mass is 10.1. The van der Waals surface area contributed by atoms with Crippen molar-refractivity contribution in [1.29, 1.82) is 0 Å². The highest BCUT2D eigenvalue weighted by Crippen LogP contribution is 2.20. The molecule has 0 saturated carbocycles. The Hall–Kier alpha value is -1.09. The molecule has 0 radical (unpaired) electrons. The number of allylic oxidation sites excluding steroid dienone is 6. The van der Waals surface area contributed by atoms with E-state index in [4.69, 9.17) is 0 Å². The van der Waals surface area contributed by atoms with Crippen LogP contribution >= 0.6 is 15.9 Å². The zero-order valence-corrected chi connectivity index (χ0v) is 11.1. The molecular formula is C12H18BrNO. The van der Waals surface area contributed by atoms with Crippen LogP contribution in [0.15, 0.2) is 47.0 Å². The summed E-state index contributed by atoms with van der Waals surface area (Å²) in [6.07, 6.45) is 5.60. The van der Waals surface area contributed by atoms with Crippen molar-refractivity contribution < 1.29 is 4.79 Å². The first kappa shape index (κ1) is 16.3. The Kier molecular flexibility index (Phi) is 10.3. The lowest BCUT2D eigenvalue weighted by Crippen LogP contribution is -2.01. The predicted octanol–water partition coefficient (Wildman–Crippen LogP) is 3.47. The van der Waals surface area contributed by atoms with Crippen molar-refractivity contribution in [3.05, 3.63) is 47.0 Å². The molecular weight excluding hydrogens is 254 g/mol. The average Bonchev–Trinajstić information content (AvgIpc) is 2.17. The molecule has 0 spiro atoms. The smallest absolute Gasteiger partial charge is 0.214 e. The first-order valence-corrected chi connectivity index (χ1v) is 5.23. The van der Waals surface area contributed by atoms with E-state index in [0.29, 0.717) is 0 Å². The van der Waals surface area contributed by atoms with E-state index < -0.39 is 0 Å². The van der Waals surface area contributed by atoms with Gasteiger partial charge in [0.1, 0.15) is 0 Å². The molecule has 0 bridgehead atoms. The Morgan fingerprint density at radius 1 is 1.27 bits per heavy atom. The van der Waals surface area contributed by atoms with Crippen LogP contribution in [0.25, 0.3) is 0 Å². The summed E-state index contributed by atoms with van der Waals surface area (Å²) in [6.45, 7) is 12.7. The van der Waals surface area contributed by atoms with Crippen molar-refractivity contribution in [1.82, 2.24) is 0 Å². The Morgan fingerprint density at radius 2 is 1.60 bits per heavy atom. The number of carbonyl (C=O) groups is 1. The Labute approximate surface area is 100 Å². The zero-order chi connectivity index (χ0) is 12.4. The number of hydrogen-bond acceptors (Lipinski definition) is 1. The molecule has 0 unspecified atom stereocenters. The minimum Gasteiger partial charge on any atom is -0.370 e. The van der Waals surface area contributed by atoms with Crippen LogP contribution < -0.4 is 5.73 Å². The van der Waals surface area contributed by atoms with Crippen LogP contribution in [-0.2, 0) is 4.79 Å². The van der Waals surface area contributed by atoms with Gasteiger partial charge in [-0.1, -0.05) is 47.3 Å². The van der Waals surface area contributed by atoms with Crippen molar-refractivity contribution in [3.8, 4) is 0 Å². The van der Waals surface area contributed by atoms with Crippen LogP contribution in [0.5, 0.6) is 0 Å². The van der Waals surface area contributed by atoms with Gasteiger partial charge < -0.3 is 5.73 Å². The van der Waals surface area contributed by atoms with Crippen LogP contribution in [0.1, 0.15) is 20.8 Å². The van der Waals surface area contributed by atoms with Crippen molar-refractivity contribution in [2.24, 2.45) is 5.73 Å². The molecule has 0 aromatic carbocycles. The topological polar surface area (TPSA) is 43.1 Å². The zero-order valence-electron chi connectivity index (χ0n) is 9.51. The first-order valence-electron chi connectivity index (χ1n) is 4.44. The molecule has 1 amide bonds. The van der Waals surface area contributed by atoms with Gasteiger partial charge in [-0.2, -0.15) is 0 Å². The maximum atomic E-state index is 9.22. The second-order valence-electron chi connectivity index (χ2n) is 2.74. The maximum absolute atomic E-state index is 9.22. The van der Waals surface area contributed by atoms with Crippen LogP contribution in [0.4, 0.5) is 0 Å². The Balaban J connectivity index is 0. The molecule has 0 fully saturated rings. The third-order valence-corrected chi connectivity index (χ3v) is 2.54. The fourth-order valence-corrected chi connectivity index (χ4v) is 0.973. The summed E-state index contributed by atoms with van der Waals surface area (Å²) in [5.74, 6) is -0.333. The van der Waals surface area contributed by atoms with Gasteiger partial charge >= 0.3 is 0 Å². The van der Waals surface area contributed by atoms with E-state index >= 15 is 0 Å². The quantitative estimate of drug-likeness (QED) is 0.785. The number of rotatable bonds is 3. The predicted molar refractivity (Wildman–Crippen MR) is 70.6 cm³/mol. The highest BCUT2D eigenvalue weighted by Gasteiger charge is 1.96. The molecule has 0 rings (SSSR count). The van der Waals surface area contributed by atoms with E-state index in [9.17, 15) is 4.79 Å². The minimum atomic E-state index is -0.333. The lowest BCUT2D eigenvalue weighted by molar-refractivity contribution is -0.115. The minimum absolute atomic E-state index is 0.333.